The van der Waals surface area contributed by atoms with Gasteiger partial charge in [0.05, 0.1) is 6.04 Å². The van der Waals surface area contributed by atoms with Gasteiger partial charge < -0.3 is 15.6 Å². The zero-order valence-electron chi connectivity index (χ0n) is 11.7. The van der Waals surface area contributed by atoms with E-state index in [4.69, 9.17) is 0 Å². The summed E-state index contributed by atoms with van der Waals surface area (Å²) < 4.78 is 0. The molecule has 1 atom stereocenters. The fraction of sp³-hybridized carbons (Fsp3) is 0.357. The molecule has 0 saturated carbocycles. The maximum absolute atomic E-state index is 12.2. The number of anilines is 1. The molecule has 0 bridgehead atoms. The van der Waals surface area contributed by atoms with Crippen molar-refractivity contribution in [1.82, 2.24) is 20.3 Å². The molecular formula is C14H19N5O. The van der Waals surface area contributed by atoms with E-state index < -0.39 is 0 Å². The number of rotatable bonds is 6. The molecule has 1 amide bonds. The van der Waals surface area contributed by atoms with Crippen LogP contribution in [-0.4, -0.2) is 27.4 Å². The Bertz CT molecular complexity index is 552. The monoisotopic (exact) mass is 273 g/mol. The molecule has 0 aliphatic heterocycles. The van der Waals surface area contributed by atoms with Gasteiger partial charge in [0, 0.05) is 30.8 Å². The van der Waals surface area contributed by atoms with Crippen molar-refractivity contribution in [2.45, 2.75) is 26.3 Å². The number of H-pyrrole nitrogens is 1. The number of hydrogen-bond donors (Lipinski definition) is 3. The van der Waals surface area contributed by atoms with Crippen LogP contribution in [0.4, 0.5) is 5.69 Å². The molecule has 106 valence electrons. The average Bonchev–Trinajstić information content (AvgIpc) is 2.99. The molecular weight excluding hydrogens is 254 g/mol. The molecule has 0 fully saturated rings. The number of pyridine rings is 1. The summed E-state index contributed by atoms with van der Waals surface area (Å²) in [5, 5.41) is 6.09. The predicted molar refractivity (Wildman–Crippen MR) is 77.5 cm³/mol. The molecule has 0 aliphatic carbocycles. The van der Waals surface area contributed by atoms with Crippen LogP contribution < -0.4 is 10.6 Å². The Kier molecular flexibility index (Phi) is 4.70. The van der Waals surface area contributed by atoms with Crippen molar-refractivity contribution in [3.63, 3.8) is 0 Å². The lowest BCUT2D eigenvalue weighted by Gasteiger charge is -2.14. The first-order valence-corrected chi connectivity index (χ1v) is 6.74. The third kappa shape index (κ3) is 3.34. The number of aromatic amines is 1. The minimum absolute atomic E-state index is 0.137. The van der Waals surface area contributed by atoms with Gasteiger partial charge in [-0.05, 0) is 25.5 Å². The van der Waals surface area contributed by atoms with Crippen LogP contribution >= 0.6 is 0 Å². The predicted octanol–water partition coefficient (Wildman–Crippen LogP) is 2.12. The Morgan fingerprint density at radius 3 is 2.85 bits per heavy atom. The van der Waals surface area contributed by atoms with Crippen molar-refractivity contribution in [2.75, 3.05) is 11.9 Å². The molecule has 0 aliphatic rings. The van der Waals surface area contributed by atoms with Crippen molar-refractivity contribution < 1.29 is 4.79 Å². The van der Waals surface area contributed by atoms with Crippen molar-refractivity contribution in [3.05, 3.63) is 42.2 Å². The van der Waals surface area contributed by atoms with Crippen LogP contribution in [-0.2, 0) is 0 Å². The second kappa shape index (κ2) is 6.70. The van der Waals surface area contributed by atoms with Gasteiger partial charge in [0.1, 0.15) is 11.5 Å². The molecule has 1 unspecified atom stereocenters. The minimum Gasteiger partial charge on any atom is -0.385 e. The topological polar surface area (TPSA) is 82.7 Å². The fourth-order valence-corrected chi connectivity index (χ4v) is 1.93. The summed E-state index contributed by atoms with van der Waals surface area (Å²) >= 11 is 0. The van der Waals surface area contributed by atoms with E-state index in [-0.39, 0.29) is 11.9 Å². The summed E-state index contributed by atoms with van der Waals surface area (Å²) in [6, 6.07) is 3.44. The van der Waals surface area contributed by atoms with Crippen LogP contribution in [0.25, 0.3) is 0 Å². The lowest BCUT2D eigenvalue weighted by atomic mass is 10.2. The Morgan fingerprint density at radius 1 is 1.35 bits per heavy atom. The minimum atomic E-state index is -0.201. The number of nitrogens with one attached hydrogen (secondary N) is 3. The number of amides is 1. The number of nitrogens with zero attached hydrogens (tertiary/aromatic N) is 2. The fourth-order valence-electron chi connectivity index (χ4n) is 1.93. The van der Waals surface area contributed by atoms with E-state index in [0.29, 0.717) is 5.69 Å². The molecule has 0 aromatic carbocycles. The van der Waals surface area contributed by atoms with Gasteiger partial charge in [-0.3, -0.25) is 9.78 Å². The molecule has 0 radical (unpaired) electrons. The first-order valence-electron chi connectivity index (χ1n) is 6.74. The smallest absolute Gasteiger partial charge is 0.270 e. The number of hydrogen-bond acceptors (Lipinski definition) is 4. The standard InChI is InChI=1S/C14H19N5O/c1-3-11(13-17-7-8-18-13)19-14(20)12-9-10(15-4-2)5-6-16-12/h5-9,11H,3-4H2,1-2H3,(H,15,16)(H,17,18)(H,19,20). The Balaban J connectivity index is 2.09. The van der Waals surface area contributed by atoms with Crippen LogP contribution in [0.1, 0.15) is 42.6 Å². The van der Waals surface area contributed by atoms with Crippen LogP contribution in [0.3, 0.4) is 0 Å². The van der Waals surface area contributed by atoms with Gasteiger partial charge in [0.2, 0.25) is 0 Å². The molecule has 2 aromatic rings. The molecule has 6 nitrogen and oxygen atoms in total. The van der Waals surface area contributed by atoms with Crippen molar-refractivity contribution in [1.29, 1.82) is 0 Å². The largest absolute Gasteiger partial charge is 0.385 e. The first kappa shape index (κ1) is 14.0. The van der Waals surface area contributed by atoms with Gasteiger partial charge in [0.25, 0.3) is 5.91 Å². The molecule has 6 heteroatoms. The molecule has 3 N–H and O–H groups in total. The molecule has 20 heavy (non-hydrogen) atoms. The molecule has 0 saturated heterocycles. The van der Waals surface area contributed by atoms with E-state index in [1.807, 2.05) is 19.9 Å². The van der Waals surface area contributed by atoms with Crippen LogP contribution in [0.5, 0.6) is 0 Å². The van der Waals surface area contributed by atoms with Gasteiger partial charge >= 0.3 is 0 Å². The van der Waals surface area contributed by atoms with E-state index >= 15 is 0 Å². The Morgan fingerprint density at radius 2 is 2.20 bits per heavy atom. The maximum atomic E-state index is 12.2. The summed E-state index contributed by atoms with van der Waals surface area (Å²) in [6.45, 7) is 4.80. The number of imidazole rings is 1. The van der Waals surface area contributed by atoms with Gasteiger partial charge in [-0.25, -0.2) is 4.98 Å². The summed E-state index contributed by atoms with van der Waals surface area (Å²) in [5.74, 6) is 0.552. The maximum Gasteiger partial charge on any atom is 0.270 e. The van der Waals surface area contributed by atoms with Crippen LogP contribution in [0.2, 0.25) is 0 Å². The second-order valence-corrected chi connectivity index (χ2v) is 4.37. The van der Waals surface area contributed by atoms with Crippen molar-refractivity contribution in [2.24, 2.45) is 0 Å². The zero-order valence-corrected chi connectivity index (χ0v) is 11.7. The molecule has 2 heterocycles. The van der Waals surface area contributed by atoms with E-state index in [9.17, 15) is 4.79 Å². The molecule has 2 rings (SSSR count). The lowest BCUT2D eigenvalue weighted by molar-refractivity contribution is 0.0929. The normalized spacial score (nSPS) is 11.9. The highest BCUT2D eigenvalue weighted by Gasteiger charge is 2.16. The van der Waals surface area contributed by atoms with E-state index in [2.05, 4.69) is 25.6 Å². The van der Waals surface area contributed by atoms with Crippen LogP contribution in [0, 0.1) is 0 Å². The quantitative estimate of drug-likeness (QED) is 0.753. The Labute approximate surface area is 118 Å². The molecule has 0 spiro atoms. The van der Waals surface area contributed by atoms with Gasteiger partial charge in [-0.2, -0.15) is 0 Å². The number of carbonyl (C=O) groups is 1. The number of carbonyl (C=O) groups excluding carboxylic acids is 1. The highest BCUT2D eigenvalue weighted by Crippen LogP contribution is 2.13. The number of aromatic nitrogens is 3. The van der Waals surface area contributed by atoms with Gasteiger partial charge in [-0.15, -0.1) is 0 Å². The van der Waals surface area contributed by atoms with Crippen molar-refractivity contribution in [3.8, 4) is 0 Å². The Hall–Kier alpha value is -2.37. The second-order valence-electron chi connectivity index (χ2n) is 4.37. The van der Waals surface area contributed by atoms with E-state index in [1.165, 1.54) is 0 Å². The van der Waals surface area contributed by atoms with Gasteiger partial charge in [0.15, 0.2) is 0 Å². The zero-order chi connectivity index (χ0) is 14.4. The van der Waals surface area contributed by atoms with Crippen LogP contribution in [0.15, 0.2) is 30.7 Å². The SMILES string of the molecule is CCNc1ccnc(C(=O)NC(CC)c2ncc[nH]2)c1. The third-order valence-corrected chi connectivity index (χ3v) is 2.94. The van der Waals surface area contributed by atoms with Gasteiger partial charge in [-0.1, -0.05) is 6.92 Å². The average molecular weight is 273 g/mol. The summed E-state index contributed by atoms with van der Waals surface area (Å²) in [7, 11) is 0. The summed E-state index contributed by atoms with van der Waals surface area (Å²) in [4.78, 5) is 23.5. The van der Waals surface area contributed by atoms with Crippen molar-refractivity contribution >= 4 is 11.6 Å². The molecule has 2 aromatic heterocycles. The highest BCUT2D eigenvalue weighted by atomic mass is 16.1. The van der Waals surface area contributed by atoms with E-state index in [1.54, 1.807) is 24.7 Å². The highest BCUT2D eigenvalue weighted by molar-refractivity contribution is 5.93. The lowest BCUT2D eigenvalue weighted by Crippen LogP contribution is -2.29. The van der Waals surface area contributed by atoms with E-state index in [0.717, 1.165) is 24.5 Å². The third-order valence-electron chi connectivity index (χ3n) is 2.94. The first-order chi connectivity index (χ1) is 9.74. The summed E-state index contributed by atoms with van der Waals surface area (Å²) in [6.07, 6.45) is 5.80. The summed E-state index contributed by atoms with van der Waals surface area (Å²) in [5.41, 5.74) is 1.28.